The van der Waals surface area contributed by atoms with Crippen LogP contribution in [0.25, 0.3) is 11.3 Å². The van der Waals surface area contributed by atoms with E-state index < -0.39 is 10.0 Å². The van der Waals surface area contributed by atoms with Crippen molar-refractivity contribution in [3.05, 3.63) is 102 Å². The number of aromatic nitrogens is 2. The number of allylic oxidation sites excluding steroid dienone is 1. The van der Waals surface area contributed by atoms with Crippen molar-refractivity contribution < 1.29 is 13.2 Å². The molecule has 1 heterocycles. The highest BCUT2D eigenvalue weighted by atomic mass is 32.2. The molecule has 0 aliphatic carbocycles. The van der Waals surface area contributed by atoms with Crippen molar-refractivity contribution >= 4 is 44.9 Å². The Bertz CT molecular complexity index is 1540. The van der Waals surface area contributed by atoms with Crippen molar-refractivity contribution in [3.63, 3.8) is 0 Å². The van der Waals surface area contributed by atoms with Crippen LogP contribution in [0.2, 0.25) is 0 Å². The maximum Gasteiger partial charge on any atom is 0.229 e. The summed E-state index contributed by atoms with van der Waals surface area (Å²) in [4.78, 5) is 2.99. The Kier molecular flexibility index (Phi) is 8.00. The molecule has 0 bridgehead atoms. The first-order valence-electron chi connectivity index (χ1n) is 11.5. The molecule has 0 fully saturated rings. The van der Waals surface area contributed by atoms with Gasteiger partial charge >= 0.3 is 0 Å². The SMILES string of the molecule is C=C(Cc1cc(OCNc2ccc(-n3cc[nH]c3=S)cc2)ccc1NC)c1ccc(NS(C)(=O)=O)cc1. The van der Waals surface area contributed by atoms with E-state index in [9.17, 15) is 8.42 Å². The van der Waals surface area contributed by atoms with Crippen molar-refractivity contribution in [1.29, 1.82) is 0 Å². The normalized spacial score (nSPS) is 11.1. The Balaban J connectivity index is 1.37. The van der Waals surface area contributed by atoms with Crippen LogP contribution in [0.1, 0.15) is 11.1 Å². The average molecular weight is 536 g/mol. The standard InChI is InChI=1S/C27H29N5O3S2/c1-19(20-4-6-23(7-5-20)31-37(3,33)34)16-21-17-25(12-13-26(21)28-2)35-18-30-22-8-10-24(11-9-22)32-15-14-29-27(32)36/h4-15,17,28,30-31H,1,16,18H2,2-3H3,(H,29,36). The van der Waals surface area contributed by atoms with E-state index in [1.54, 1.807) is 18.3 Å². The minimum Gasteiger partial charge on any atom is -0.473 e. The average Bonchev–Trinajstić information content (AvgIpc) is 3.30. The third kappa shape index (κ3) is 7.02. The minimum absolute atomic E-state index is 0.303. The fraction of sp³-hybridized carbons (Fsp3) is 0.148. The third-order valence-electron chi connectivity index (χ3n) is 5.66. The molecule has 4 aromatic rings. The molecule has 0 amide bonds. The molecule has 0 radical (unpaired) electrons. The Morgan fingerprint density at radius 2 is 1.76 bits per heavy atom. The number of anilines is 3. The van der Waals surface area contributed by atoms with E-state index in [0.29, 0.717) is 23.6 Å². The third-order valence-corrected chi connectivity index (χ3v) is 6.58. The number of aromatic amines is 1. The van der Waals surface area contributed by atoms with Gasteiger partial charge in [0.1, 0.15) is 5.75 Å². The molecule has 3 aromatic carbocycles. The van der Waals surface area contributed by atoms with Crippen LogP contribution in [0.4, 0.5) is 17.1 Å². The summed E-state index contributed by atoms with van der Waals surface area (Å²) in [6, 6.07) is 21.0. The first-order chi connectivity index (χ1) is 17.7. The number of nitrogens with one attached hydrogen (secondary N) is 4. The molecule has 4 N–H and O–H groups in total. The van der Waals surface area contributed by atoms with E-state index in [1.165, 1.54) is 0 Å². The topological polar surface area (TPSA) is 100 Å². The number of nitrogens with zero attached hydrogens (tertiary/aromatic N) is 1. The lowest BCUT2D eigenvalue weighted by Gasteiger charge is -2.15. The van der Waals surface area contributed by atoms with Gasteiger partial charge in [0, 0.05) is 42.2 Å². The number of benzene rings is 3. The lowest BCUT2D eigenvalue weighted by Crippen LogP contribution is -2.09. The molecule has 0 unspecified atom stereocenters. The van der Waals surface area contributed by atoms with Crippen LogP contribution in [0.3, 0.4) is 0 Å². The summed E-state index contributed by atoms with van der Waals surface area (Å²) in [7, 11) is -1.44. The number of hydrogen-bond acceptors (Lipinski definition) is 6. The Hall–Kier alpha value is -4.02. The largest absolute Gasteiger partial charge is 0.473 e. The van der Waals surface area contributed by atoms with Crippen LogP contribution in [0.5, 0.6) is 5.75 Å². The summed E-state index contributed by atoms with van der Waals surface area (Å²) in [5.41, 5.74) is 6.28. The highest BCUT2D eigenvalue weighted by Gasteiger charge is 2.09. The van der Waals surface area contributed by atoms with Gasteiger partial charge in [-0.3, -0.25) is 9.29 Å². The van der Waals surface area contributed by atoms with Gasteiger partial charge in [-0.2, -0.15) is 0 Å². The molecule has 0 spiro atoms. The van der Waals surface area contributed by atoms with E-state index >= 15 is 0 Å². The smallest absolute Gasteiger partial charge is 0.229 e. The van der Waals surface area contributed by atoms with Crippen molar-refractivity contribution in [3.8, 4) is 11.4 Å². The van der Waals surface area contributed by atoms with E-state index in [1.807, 2.05) is 72.4 Å². The van der Waals surface area contributed by atoms with Gasteiger partial charge in [0.05, 0.1) is 6.26 Å². The maximum atomic E-state index is 11.4. The lowest BCUT2D eigenvalue weighted by molar-refractivity contribution is 0.346. The van der Waals surface area contributed by atoms with E-state index in [-0.39, 0.29) is 0 Å². The summed E-state index contributed by atoms with van der Waals surface area (Å²) in [5, 5.41) is 6.49. The number of ether oxygens (including phenoxy) is 1. The Labute approximate surface area is 222 Å². The van der Waals surface area contributed by atoms with Crippen LogP contribution in [-0.4, -0.2) is 38.0 Å². The van der Waals surface area contributed by atoms with Gasteiger partial charge in [0.25, 0.3) is 0 Å². The fourth-order valence-electron chi connectivity index (χ4n) is 3.84. The number of H-pyrrole nitrogens is 1. The van der Waals surface area contributed by atoms with Crippen LogP contribution in [-0.2, 0) is 16.4 Å². The van der Waals surface area contributed by atoms with Crippen LogP contribution >= 0.6 is 12.2 Å². The monoisotopic (exact) mass is 535 g/mol. The van der Waals surface area contributed by atoms with Gasteiger partial charge in [-0.25, -0.2) is 8.42 Å². The number of imidazole rings is 1. The molecule has 0 saturated carbocycles. The zero-order valence-corrected chi connectivity index (χ0v) is 22.2. The quantitative estimate of drug-likeness (QED) is 0.146. The highest BCUT2D eigenvalue weighted by Crippen LogP contribution is 2.28. The molecule has 8 nitrogen and oxygen atoms in total. The molecule has 0 aliphatic heterocycles. The number of sulfonamides is 1. The van der Waals surface area contributed by atoms with Gasteiger partial charge in [0.15, 0.2) is 11.5 Å². The molecule has 0 saturated heterocycles. The first-order valence-corrected chi connectivity index (χ1v) is 13.8. The van der Waals surface area contributed by atoms with Crippen molar-refractivity contribution in [2.75, 3.05) is 35.4 Å². The second-order valence-corrected chi connectivity index (χ2v) is 10.6. The second-order valence-electron chi connectivity index (χ2n) is 8.45. The lowest BCUT2D eigenvalue weighted by atomic mass is 9.98. The van der Waals surface area contributed by atoms with E-state index in [0.717, 1.165) is 45.8 Å². The van der Waals surface area contributed by atoms with Gasteiger partial charge in [-0.15, -0.1) is 0 Å². The zero-order chi connectivity index (χ0) is 26.4. The fourth-order valence-corrected chi connectivity index (χ4v) is 4.63. The molecule has 10 heteroatoms. The minimum atomic E-state index is -3.32. The molecule has 1 aromatic heterocycles. The predicted octanol–water partition coefficient (Wildman–Crippen LogP) is 5.65. The molecule has 4 rings (SSSR count). The maximum absolute atomic E-state index is 11.4. The van der Waals surface area contributed by atoms with Crippen LogP contribution in [0, 0.1) is 4.77 Å². The van der Waals surface area contributed by atoms with Gasteiger partial charge in [-0.1, -0.05) is 18.7 Å². The van der Waals surface area contributed by atoms with Gasteiger partial charge in [-0.05, 0) is 89.9 Å². The molecular weight excluding hydrogens is 506 g/mol. The van der Waals surface area contributed by atoms with Crippen molar-refractivity contribution in [2.24, 2.45) is 0 Å². The second kappa shape index (κ2) is 11.4. The van der Waals surface area contributed by atoms with Gasteiger partial charge < -0.3 is 20.4 Å². The van der Waals surface area contributed by atoms with E-state index in [4.69, 9.17) is 17.0 Å². The molecular formula is C27H29N5O3S2. The van der Waals surface area contributed by atoms with Crippen LogP contribution in [0.15, 0.2) is 85.7 Å². The molecule has 0 atom stereocenters. The molecule has 0 aliphatic rings. The predicted molar refractivity (Wildman–Crippen MR) is 154 cm³/mol. The number of hydrogen-bond donors (Lipinski definition) is 4. The number of rotatable bonds is 11. The zero-order valence-electron chi connectivity index (χ0n) is 20.6. The Morgan fingerprint density at radius 1 is 1.05 bits per heavy atom. The Morgan fingerprint density at radius 3 is 2.38 bits per heavy atom. The van der Waals surface area contributed by atoms with Crippen LogP contribution < -0.4 is 20.1 Å². The molecule has 37 heavy (non-hydrogen) atoms. The summed E-state index contributed by atoms with van der Waals surface area (Å²) in [6.07, 6.45) is 5.42. The summed E-state index contributed by atoms with van der Waals surface area (Å²) in [5.74, 6) is 0.734. The summed E-state index contributed by atoms with van der Waals surface area (Å²) in [6.45, 7) is 4.54. The molecule has 192 valence electrons. The summed E-state index contributed by atoms with van der Waals surface area (Å²) >= 11 is 5.27. The van der Waals surface area contributed by atoms with Gasteiger partial charge in [0.2, 0.25) is 10.0 Å². The highest BCUT2D eigenvalue weighted by molar-refractivity contribution is 7.92. The van der Waals surface area contributed by atoms with Crippen molar-refractivity contribution in [1.82, 2.24) is 9.55 Å². The van der Waals surface area contributed by atoms with Crippen molar-refractivity contribution in [2.45, 2.75) is 6.42 Å². The first kappa shape index (κ1) is 26.1. The van der Waals surface area contributed by atoms with E-state index in [2.05, 4.69) is 26.9 Å². The summed E-state index contributed by atoms with van der Waals surface area (Å²) < 4.78 is 33.8.